The summed E-state index contributed by atoms with van der Waals surface area (Å²) < 4.78 is 2.78. The highest BCUT2D eigenvalue weighted by Gasteiger charge is 2.22. The summed E-state index contributed by atoms with van der Waals surface area (Å²) in [6.07, 6.45) is 6.75. The number of rotatable bonds is 3. The summed E-state index contributed by atoms with van der Waals surface area (Å²) in [6.45, 7) is 2.59. The topological polar surface area (TPSA) is 72.7 Å². The molecule has 0 atom stereocenters. The van der Waals surface area contributed by atoms with Crippen LogP contribution in [0, 0.1) is 0 Å². The summed E-state index contributed by atoms with van der Waals surface area (Å²) in [5.41, 5.74) is 0.421. The Morgan fingerprint density at radius 1 is 1.24 bits per heavy atom. The predicted octanol–water partition coefficient (Wildman–Crippen LogP) is 1.88. The van der Waals surface area contributed by atoms with Gasteiger partial charge in [0.25, 0.3) is 5.56 Å². The van der Waals surface area contributed by atoms with Crippen molar-refractivity contribution in [1.29, 1.82) is 0 Å². The van der Waals surface area contributed by atoms with Crippen molar-refractivity contribution < 1.29 is 0 Å². The van der Waals surface area contributed by atoms with Crippen LogP contribution in [0.15, 0.2) is 9.59 Å². The maximum absolute atomic E-state index is 12.3. The molecule has 0 spiro atoms. The van der Waals surface area contributed by atoms with Crippen LogP contribution in [0.4, 0.5) is 0 Å². The van der Waals surface area contributed by atoms with Gasteiger partial charge in [0.15, 0.2) is 5.65 Å². The molecule has 6 heteroatoms. The van der Waals surface area contributed by atoms with Gasteiger partial charge >= 0.3 is 5.69 Å². The smallest absolute Gasteiger partial charge is 0.332 e. The van der Waals surface area contributed by atoms with Gasteiger partial charge in [-0.2, -0.15) is 0 Å². The number of fused-ring (bicyclic) bond motifs is 1. The van der Waals surface area contributed by atoms with Crippen molar-refractivity contribution in [2.75, 3.05) is 0 Å². The van der Waals surface area contributed by atoms with Gasteiger partial charge in [-0.25, -0.2) is 9.78 Å². The minimum atomic E-state index is -0.281. The second-order valence-corrected chi connectivity index (χ2v) is 5.95. The van der Waals surface area contributed by atoms with Gasteiger partial charge in [0, 0.05) is 19.5 Å². The van der Waals surface area contributed by atoms with Gasteiger partial charge in [0.1, 0.15) is 11.3 Å². The maximum Gasteiger partial charge on any atom is 0.332 e. The van der Waals surface area contributed by atoms with E-state index in [1.807, 2.05) is 6.92 Å². The Bertz CT molecular complexity index is 762. The molecule has 1 N–H and O–H groups in total. The molecule has 1 saturated carbocycles. The lowest BCUT2D eigenvalue weighted by Crippen LogP contribution is -2.38. The molecule has 21 heavy (non-hydrogen) atoms. The molecular formula is C15H22N4O2. The molecule has 2 aromatic heterocycles. The summed E-state index contributed by atoms with van der Waals surface area (Å²) in [4.78, 5) is 32.3. The van der Waals surface area contributed by atoms with E-state index in [4.69, 9.17) is 0 Å². The standard InChI is InChI=1S/C15H22N4O2/c1-3-9-19-13-11(14(20)18(2)15(19)21)16-12(17-13)10-7-5-4-6-8-10/h10H,3-9H2,1-2H3,(H,16,17). The molecular weight excluding hydrogens is 268 g/mol. The van der Waals surface area contributed by atoms with Crippen molar-refractivity contribution in [1.82, 2.24) is 19.1 Å². The van der Waals surface area contributed by atoms with Crippen LogP contribution in [-0.4, -0.2) is 19.1 Å². The van der Waals surface area contributed by atoms with E-state index in [0.29, 0.717) is 23.6 Å². The highest BCUT2D eigenvalue weighted by Crippen LogP contribution is 2.31. The van der Waals surface area contributed by atoms with E-state index in [1.165, 1.54) is 30.9 Å². The second kappa shape index (κ2) is 5.50. The molecule has 0 unspecified atom stereocenters. The van der Waals surface area contributed by atoms with Crippen LogP contribution in [-0.2, 0) is 13.6 Å². The van der Waals surface area contributed by atoms with Gasteiger partial charge in [-0.3, -0.25) is 13.9 Å². The van der Waals surface area contributed by atoms with E-state index >= 15 is 0 Å². The highest BCUT2D eigenvalue weighted by molar-refractivity contribution is 5.70. The monoisotopic (exact) mass is 290 g/mol. The molecule has 1 aliphatic carbocycles. The molecule has 0 aliphatic heterocycles. The number of nitrogens with zero attached hydrogens (tertiary/aromatic N) is 3. The highest BCUT2D eigenvalue weighted by atomic mass is 16.2. The average Bonchev–Trinajstić information content (AvgIpc) is 2.95. The molecule has 114 valence electrons. The summed E-state index contributed by atoms with van der Waals surface area (Å²) in [7, 11) is 1.53. The fourth-order valence-electron chi connectivity index (χ4n) is 3.25. The Kier molecular flexibility index (Phi) is 3.69. The van der Waals surface area contributed by atoms with Crippen LogP contribution >= 0.6 is 0 Å². The molecule has 2 heterocycles. The Hall–Kier alpha value is -1.85. The number of H-pyrrole nitrogens is 1. The molecule has 0 radical (unpaired) electrons. The molecule has 1 aliphatic rings. The first-order valence-electron chi connectivity index (χ1n) is 7.83. The first-order chi connectivity index (χ1) is 10.1. The fourth-order valence-corrected chi connectivity index (χ4v) is 3.25. The third-order valence-corrected chi connectivity index (χ3v) is 4.43. The van der Waals surface area contributed by atoms with Gasteiger partial charge in [-0.15, -0.1) is 0 Å². The fraction of sp³-hybridized carbons (Fsp3) is 0.667. The van der Waals surface area contributed by atoms with Crippen LogP contribution in [0.2, 0.25) is 0 Å². The quantitative estimate of drug-likeness (QED) is 0.938. The van der Waals surface area contributed by atoms with E-state index in [9.17, 15) is 9.59 Å². The van der Waals surface area contributed by atoms with Gasteiger partial charge in [0.05, 0.1) is 0 Å². The predicted molar refractivity (Wildman–Crippen MR) is 81.7 cm³/mol. The largest absolute Gasteiger partial charge is 0.336 e. The van der Waals surface area contributed by atoms with E-state index in [2.05, 4.69) is 9.97 Å². The minimum absolute atomic E-state index is 0.281. The number of nitrogens with one attached hydrogen (secondary N) is 1. The molecule has 3 rings (SSSR count). The van der Waals surface area contributed by atoms with Crippen molar-refractivity contribution in [2.45, 2.75) is 57.9 Å². The van der Waals surface area contributed by atoms with Crippen LogP contribution in [0.1, 0.15) is 57.2 Å². The first-order valence-corrected chi connectivity index (χ1v) is 7.83. The van der Waals surface area contributed by atoms with Crippen molar-refractivity contribution in [2.24, 2.45) is 7.05 Å². The van der Waals surface area contributed by atoms with Gasteiger partial charge in [-0.05, 0) is 19.3 Å². The number of hydrogen-bond donors (Lipinski definition) is 1. The van der Waals surface area contributed by atoms with Crippen LogP contribution < -0.4 is 11.2 Å². The molecule has 0 bridgehead atoms. The first kappa shape index (κ1) is 14.1. The Morgan fingerprint density at radius 2 is 1.95 bits per heavy atom. The number of aromatic nitrogens is 4. The molecule has 0 saturated heterocycles. The number of aromatic amines is 1. The minimum Gasteiger partial charge on any atom is -0.336 e. The average molecular weight is 290 g/mol. The second-order valence-electron chi connectivity index (χ2n) is 5.95. The number of imidazole rings is 1. The third kappa shape index (κ3) is 2.32. The third-order valence-electron chi connectivity index (χ3n) is 4.43. The van der Waals surface area contributed by atoms with Gasteiger partial charge < -0.3 is 4.98 Å². The lowest BCUT2D eigenvalue weighted by atomic mass is 9.89. The van der Waals surface area contributed by atoms with Crippen molar-refractivity contribution in [3.8, 4) is 0 Å². The van der Waals surface area contributed by atoms with Crippen molar-refractivity contribution in [3.05, 3.63) is 26.7 Å². The lowest BCUT2D eigenvalue weighted by Gasteiger charge is -2.18. The summed E-state index contributed by atoms with van der Waals surface area (Å²) >= 11 is 0. The normalized spacial score (nSPS) is 16.7. The molecule has 0 aromatic carbocycles. The Balaban J connectivity index is 2.19. The van der Waals surface area contributed by atoms with E-state index in [1.54, 1.807) is 4.57 Å². The van der Waals surface area contributed by atoms with Gasteiger partial charge in [0.2, 0.25) is 0 Å². The number of aryl methyl sites for hydroxylation is 1. The zero-order valence-electron chi connectivity index (χ0n) is 12.7. The van der Waals surface area contributed by atoms with Crippen molar-refractivity contribution >= 4 is 11.2 Å². The van der Waals surface area contributed by atoms with E-state index < -0.39 is 0 Å². The lowest BCUT2D eigenvalue weighted by molar-refractivity contribution is 0.431. The zero-order chi connectivity index (χ0) is 15.0. The van der Waals surface area contributed by atoms with Crippen molar-refractivity contribution in [3.63, 3.8) is 0 Å². The van der Waals surface area contributed by atoms with Crippen LogP contribution in [0.25, 0.3) is 11.2 Å². The number of hydrogen-bond acceptors (Lipinski definition) is 3. The van der Waals surface area contributed by atoms with Crippen LogP contribution in [0.5, 0.6) is 0 Å². The Labute approximate surface area is 122 Å². The van der Waals surface area contributed by atoms with E-state index in [0.717, 1.165) is 25.1 Å². The SMILES string of the molecule is CCCn1c(=O)n(C)c(=O)c2[nH]c(C3CCCCC3)nc21. The molecule has 1 fully saturated rings. The Morgan fingerprint density at radius 3 is 2.62 bits per heavy atom. The van der Waals surface area contributed by atoms with E-state index in [-0.39, 0.29) is 11.2 Å². The summed E-state index contributed by atoms with van der Waals surface area (Å²) in [6, 6.07) is 0. The summed E-state index contributed by atoms with van der Waals surface area (Å²) in [5, 5.41) is 0. The molecule has 6 nitrogen and oxygen atoms in total. The van der Waals surface area contributed by atoms with Gasteiger partial charge in [-0.1, -0.05) is 26.2 Å². The van der Waals surface area contributed by atoms with Crippen LogP contribution in [0.3, 0.4) is 0 Å². The molecule has 0 amide bonds. The zero-order valence-corrected chi connectivity index (χ0v) is 12.7. The maximum atomic E-state index is 12.3. The summed E-state index contributed by atoms with van der Waals surface area (Å²) in [5.74, 6) is 1.26. The molecule has 2 aromatic rings.